The summed E-state index contributed by atoms with van der Waals surface area (Å²) in [5.41, 5.74) is 8.37. The number of benzene rings is 8. The van der Waals surface area contributed by atoms with Crippen molar-refractivity contribution in [3.63, 3.8) is 0 Å². The molecule has 222 valence electrons. The number of nitrogens with zero attached hydrogens (tertiary/aromatic N) is 2. The largest absolute Gasteiger partial charge is 0.248 e. The molecular formula is C46H28N2. The lowest BCUT2D eigenvalue weighted by Gasteiger charge is -2.16. The first-order valence-corrected chi connectivity index (χ1v) is 16.4. The third-order valence-corrected chi connectivity index (χ3v) is 9.70. The summed E-state index contributed by atoms with van der Waals surface area (Å²) in [7, 11) is 0. The zero-order valence-corrected chi connectivity index (χ0v) is 26.1. The van der Waals surface area contributed by atoms with Crippen LogP contribution in [0.2, 0.25) is 0 Å². The molecule has 0 saturated carbocycles. The van der Waals surface area contributed by atoms with E-state index >= 15 is 0 Å². The Morgan fingerprint density at radius 1 is 0.271 bits per heavy atom. The molecule has 0 aliphatic carbocycles. The highest BCUT2D eigenvalue weighted by molar-refractivity contribution is 6.13. The van der Waals surface area contributed by atoms with Crippen LogP contribution in [0.15, 0.2) is 170 Å². The molecule has 0 aliphatic rings. The lowest BCUT2D eigenvalue weighted by atomic mass is 9.89. The Hall–Kier alpha value is -6.38. The van der Waals surface area contributed by atoms with Crippen molar-refractivity contribution in [1.29, 1.82) is 0 Å². The van der Waals surface area contributed by atoms with Crippen molar-refractivity contribution in [1.82, 2.24) is 9.97 Å². The van der Waals surface area contributed by atoms with Gasteiger partial charge in [0.05, 0.1) is 22.4 Å². The van der Waals surface area contributed by atoms with Crippen LogP contribution in [-0.2, 0) is 0 Å². The summed E-state index contributed by atoms with van der Waals surface area (Å²) in [6.07, 6.45) is 0. The molecule has 0 atom stereocenters. The Bertz CT molecular complexity index is 2710. The molecule has 2 heteroatoms. The monoisotopic (exact) mass is 608 g/mol. The summed E-state index contributed by atoms with van der Waals surface area (Å²) in [6, 6.07) is 61.1. The predicted molar refractivity (Wildman–Crippen MR) is 203 cm³/mol. The predicted octanol–water partition coefficient (Wildman–Crippen LogP) is 12.4. The fourth-order valence-electron chi connectivity index (χ4n) is 7.34. The maximum atomic E-state index is 5.25. The number of hydrogen-bond acceptors (Lipinski definition) is 2. The van der Waals surface area contributed by atoms with Crippen molar-refractivity contribution in [2.45, 2.75) is 0 Å². The van der Waals surface area contributed by atoms with Crippen LogP contribution < -0.4 is 0 Å². The number of pyridine rings is 2. The van der Waals surface area contributed by atoms with Gasteiger partial charge in [-0.1, -0.05) is 109 Å². The second kappa shape index (κ2) is 10.6. The van der Waals surface area contributed by atoms with Crippen molar-refractivity contribution in [3.8, 4) is 33.6 Å². The normalized spacial score (nSPS) is 11.8. The van der Waals surface area contributed by atoms with Gasteiger partial charge in [-0.3, -0.25) is 0 Å². The van der Waals surface area contributed by atoms with Gasteiger partial charge in [0.25, 0.3) is 0 Å². The van der Waals surface area contributed by atoms with Gasteiger partial charge >= 0.3 is 0 Å². The van der Waals surface area contributed by atoms with E-state index < -0.39 is 0 Å². The molecule has 0 amide bonds. The average molecular weight is 609 g/mol. The van der Waals surface area contributed by atoms with Gasteiger partial charge in [0.1, 0.15) is 0 Å². The molecule has 0 radical (unpaired) electrons. The summed E-state index contributed by atoms with van der Waals surface area (Å²) in [5, 5.41) is 12.0. The molecule has 0 aliphatic heterocycles. The highest BCUT2D eigenvalue weighted by Gasteiger charge is 2.15. The van der Waals surface area contributed by atoms with Gasteiger partial charge in [-0.15, -0.1) is 0 Å². The Morgan fingerprint density at radius 2 is 0.646 bits per heavy atom. The smallest absolute Gasteiger partial charge is 0.0715 e. The fraction of sp³-hybridized carbons (Fsp3) is 0. The molecule has 2 heterocycles. The quantitative estimate of drug-likeness (QED) is 0.187. The maximum absolute atomic E-state index is 5.25. The van der Waals surface area contributed by atoms with E-state index in [-0.39, 0.29) is 0 Å². The topological polar surface area (TPSA) is 25.8 Å². The number of aromatic nitrogens is 2. The van der Waals surface area contributed by atoms with Crippen LogP contribution in [0.4, 0.5) is 0 Å². The van der Waals surface area contributed by atoms with E-state index in [0.29, 0.717) is 0 Å². The summed E-state index contributed by atoms with van der Waals surface area (Å²) < 4.78 is 0. The Morgan fingerprint density at radius 3 is 1.12 bits per heavy atom. The summed E-state index contributed by atoms with van der Waals surface area (Å²) in [5.74, 6) is 0. The minimum atomic E-state index is 0.942. The van der Waals surface area contributed by atoms with Gasteiger partial charge in [-0.2, -0.15) is 0 Å². The van der Waals surface area contributed by atoms with E-state index in [0.717, 1.165) is 49.9 Å². The zero-order valence-electron chi connectivity index (χ0n) is 26.1. The number of fused-ring (bicyclic) bond motifs is 6. The third-order valence-electron chi connectivity index (χ3n) is 9.70. The van der Waals surface area contributed by atoms with Crippen molar-refractivity contribution in [2.75, 3.05) is 0 Å². The first-order valence-electron chi connectivity index (χ1n) is 16.4. The van der Waals surface area contributed by atoms with Gasteiger partial charge < -0.3 is 0 Å². The molecule has 2 nitrogen and oxygen atoms in total. The SMILES string of the molecule is c1ccc2cc3nc(-c4cc(-c5ccc6cc7ccccc7cc6n5)cc(-c5c6ccccc6cc6ccccc56)c4)ccc3cc2c1. The zero-order chi connectivity index (χ0) is 31.6. The van der Waals surface area contributed by atoms with Gasteiger partial charge in [-0.05, 0) is 115 Å². The second-order valence-electron chi connectivity index (χ2n) is 12.7. The van der Waals surface area contributed by atoms with Crippen LogP contribution >= 0.6 is 0 Å². The molecule has 0 spiro atoms. The van der Waals surface area contributed by atoms with E-state index in [4.69, 9.17) is 9.97 Å². The molecule has 10 rings (SSSR count). The molecule has 8 aromatic carbocycles. The average Bonchev–Trinajstić information content (AvgIpc) is 3.14. The highest BCUT2D eigenvalue weighted by atomic mass is 14.7. The lowest BCUT2D eigenvalue weighted by molar-refractivity contribution is 1.38. The second-order valence-corrected chi connectivity index (χ2v) is 12.7. The molecule has 0 fully saturated rings. The molecule has 0 bridgehead atoms. The van der Waals surface area contributed by atoms with Crippen molar-refractivity contribution >= 4 is 64.9 Å². The number of rotatable bonds is 3. The van der Waals surface area contributed by atoms with Crippen LogP contribution in [0.1, 0.15) is 0 Å². The minimum absolute atomic E-state index is 0.942. The molecule has 48 heavy (non-hydrogen) atoms. The van der Waals surface area contributed by atoms with E-state index in [2.05, 4.69) is 170 Å². The number of hydrogen-bond donors (Lipinski definition) is 0. The van der Waals surface area contributed by atoms with E-state index in [9.17, 15) is 0 Å². The first kappa shape index (κ1) is 26.8. The standard InChI is InChI=1S/C46H28N2/c1-3-11-31-27-44-35(21-29(31)9-1)17-19-42(47-44)37-24-38(43-20-18-36-22-30-10-2-4-12-32(30)28-45(36)48-43)26-39(25-37)46-40-15-7-5-13-33(40)23-34-14-6-8-16-41(34)46/h1-28H. The summed E-state index contributed by atoms with van der Waals surface area (Å²) in [6.45, 7) is 0. The lowest BCUT2D eigenvalue weighted by Crippen LogP contribution is -1.92. The van der Waals surface area contributed by atoms with Gasteiger partial charge in [0.2, 0.25) is 0 Å². The Kier molecular flexibility index (Phi) is 5.91. The van der Waals surface area contributed by atoms with Crippen LogP contribution in [0, 0.1) is 0 Å². The van der Waals surface area contributed by atoms with Crippen LogP contribution in [0.25, 0.3) is 98.5 Å². The summed E-state index contributed by atoms with van der Waals surface area (Å²) in [4.78, 5) is 10.5. The van der Waals surface area contributed by atoms with Crippen molar-refractivity contribution in [2.24, 2.45) is 0 Å². The van der Waals surface area contributed by atoms with Crippen LogP contribution in [0.5, 0.6) is 0 Å². The van der Waals surface area contributed by atoms with E-state index in [1.54, 1.807) is 0 Å². The van der Waals surface area contributed by atoms with Crippen LogP contribution in [0.3, 0.4) is 0 Å². The minimum Gasteiger partial charge on any atom is -0.248 e. The van der Waals surface area contributed by atoms with Crippen LogP contribution in [-0.4, -0.2) is 9.97 Å². The molecule has 0 N–H and O–H groups in total. The van der Waals surface area contributed by atoms with Crippen molar-refractivity contribution < 1.29 is 0 Å². The molecular weight excluding hydrogens is 581 g/mol. The van der Waals surface area contributed by atoms with E-state index in [1.807, 2.05) is 0 Å². The Labute approximate surface area is 277 Å². The van der Waals surface area contributed by atoms with E-state index in [1.165, 1.54) is 48.7 Å². The fourth-order valence-corrected chi connectivity index (χ4v) is 7.34. The Balaban J connectivity index is 1.24. The van der Waals surface area contributed by atoms with Gasteiger partial charge in [0.15, 0.2) is 0 Å². The molecule has 2 aromatic heterocycles. The third kappa shape index (κ3) is 4.42. The summed E-state index contributed by atoms with van der Waals surface area (Å²) >= 11 is 0. The molecule has 0 saturated heterocycles. The highest BCUT2D eigenvalue weighted by Crippen LogP contribution is 2.40. The van der Waals surface area contributed by atoms with Crippen molar-refractivity contribution in [3.05, 3.63) is 170 Å². The maximum Gasteiger partial charge on any atom is 0.0715 e. The first-order chi connectivity index (χ1) is 23.7. The molecule has 10 aromatic rings. The molecule has 0 unspecified atom stereocenters. The van der Waals surface area contributed by atoms with Gasteiger partial charge in [0, 0.05) is 21.9 Å². The van der Waals surface area contributed by atoms with Gasteiger partial charge in [-0.25, -0.2) is 9.97 Å².